The molecule has 7 heteroatoms. The Labute approximate surface area is 115 Å². The number of rotatable bonds is 3. The molecule has 0 fully saturated rings. The molecular formula is C13H7F5OS. The van der Waals surface area contributed by atoms with Crippen LogP contribution in [0.15, 0.2) is 34.1 Å². The zero-order valence-corrected chi connectivity index (χ0v) is 10.8. The van der Waals surface area contributed by atoms with Crippen molar-refractivity contribution in [1.82, 2.24) is 0 Å². The Kier molecular flexibility index (Phi) is 4.17. The van der Waals surface area contributed by atoms with Crippen LogP contribution in [0.5, 0.6) is 5.75 Å². The number of halogens is 5. The Balaban J connectivity index is 2.42. The van der Waals surface area contributed by atoms with Gasteiger partial charge in [0, 0.05) is 4.90 Å². The quantitative estimate of drug-likeness (QED) is 0.468. The SMILES string of the molecule is COc1ccc(Sc2c(F)c(F)c(F)c(F)c2F)cc1. The zero-order valence-electron chi connectivity index (χ0n) is 10.0. The molecule has 2 aromatic rings. The van der Waals surface area contributed by atoms with Gasteiger partial charge in [-0.2, -0.15) is 0 Å². The maximum Gasteiger partial charge on any atom is 0.200 e. The van der Waals surface area contributed by atoms with E-state index in [0.717, 1.165) is 0 Å². The predicted molar refractivity (Wildman–Crippen MR) is 63.3 cm³/mol. The molecule has 0 saturated carbocycles. The molecule has 0 saturated heterocycles. The van der Waals surface area contributed by atoms with E-state index in [0.29, 0.717) is 22.4 Å². The summed E-state index contributed by atoms with van der Waals surface area (Å²) < 4.78 is 70.8. The van der Waals surface area contributed by atoms with E-state index in [2.05, 4.69) is 0 Å². The first-order valence-electron chi connectivity index (χ1n) is 5.29. The van der Waals surface area contributed by atoms with E-state index < -0.39 is 34.0 Å². The second-order valence-electron chi connectivity index (χ2n) is 3.68. The molecule has 0 bridgehead atoms. The fourth-order valence-electron chi connectivity index (χ4n) is 1.44. The topological polar surface area (TPSA) is 9.23 Å². The van der Waals surface area contributed by atoms with Crippen molar-refractivity contribution in [3.05, 3.63) is 53.4 Å². The molecule has 1 nitrogen and oxygen atoms in total. The summed E-state index contributed by atoms with van der Waals surface area (Å²) in [5.74, 6) is -9.27. The van der Waals surface area contributed by atoms with Crippen LogP contribution in [0.1, 0.15) is 0 Å². The van der Waals surface area contributed by atoms with E-state index in [4.69, 9.17) is 4.74 Å². The van der Waals surface area contributed by atoms with Gasteiger partial charge in [-0.15, -0.1) is 0 Å². The number of hydrogen-bond donors (Lipinski definition) is 0. The second-order valence-corrected chi connectivity index (χ2v) is 4.76. The molecule has 0 aliphatic rings. The molecule has 0 radical (unpaired) electrons. The summed E-state index contributed by atoms with van der Waals surface area (Å²) in [6, 6.07) is 5.91. The molecule has 0 unspecified atom stereocenters. The molecule has 0 amide bonds. The predicted octanol–water partition coefficient (Wildman–Crippen LogP) is 4.54. The maximum absolute atomic E-state index is 13.5. The van der Waals surface area contributed by atoms with E-state index in [9.17, 15) is 22.0 Å². The van der Waals surface area contributed by atoms with Crippen LogP contribution in [0.4, 0.5) is 22.0 Å². The van der Waals surface area contributed by atoms with Crippen molar-refractivity contribution in [2.75, 3.05) is 7.11 Å². The van der Waals surface area contributed by atoms with E-state index in [1.165, 1.54) is 31.4 Å². The third-order valence-corrected chi connectivity index (χ3v) is 3.52. The summed E-state index contributed by atoms with van der Waals surface area (Å²) in [4.78, 5) is -0.624. The van der Waals surface area contributed by atoms with Gasteiger partial charge in [-0.25, -0.2) is 22.0 Å². The average molecular weight is 306 g/mol. The first kappa shape index (κ1) is 14.6. The van der Waals surface area contributed by atoms with Gasteiger partial charge in [-0.1, -0.05) is 11.8 Å². The molecule has 2 rings (SSSR count). The van der Waals surface area contributed by atoms with Crippen LogP contribution in [0.25, 0.3) is 0 Å². The van der Waals surface area contributed by atoms with Crippen molar-refractivity contribution in [3.8, 4) is 5.75 Å². The summed E-state index contributed by atoms with van der Waals surface area (Å²) >= 11 is 0.445. The Morgan fingerprint density at radius 1 is 0.750 bits per heavy atom. The molecule has 0 aliphatic heterocycles. The smallest absolute Gasteiger partial charge is 0.200 e. The first-order chi connectivity index (χ1) is 9.45. The van der Waals surface area contributed by atoms with Gasteiger partial charge in [0.05, 0.1) is 12.0 Å². The summed E-state index contributed by atoms with van der Waals surface area (Å²) in [5.41, 5.74) is 0. The van der Waals surface area contributed by atoms with Gasteiger partial charge in [-0.05, 0) is 24.3 Å². The lowest BCUT2D eigenvalue weighted by Crippen LogP contribution is -2.03. The van der Waals surface area contributed by atoms with Gasteiger partial charge in [0.15, 0.2) is 23.3 Å². The Morgan fingerprint density at radius 2 is 1.20 bits per heavy atom. The van der Waals surface area contributed by atoms with Crippen LogP contribution in [0.3, 0.4) is 0 Å². The van der Waals surface area contributed by atoms with Gasteiger partial charge in [-0.3, -0.25) is 0 Å². The molecule has 0 heterocycles. The van der Waals surface area contributed by atoms with Crippen LogP contribution in [0, 0.1) is 29.1 Å². The van der Waals surface area contributed by atoms with Gasteiger partial charge in [0.1, 0.15) is 5.75 Å². The van der Waals surface area contributed by atoms with Gasteiger partial charge >= 0.3 is 0 Å². The second kappa shape index (κ2) is 5.70. The largest absolute Gasteiger partial charge is 0.497 e. The molecular weight excluding hydrogens is 299 g/mol. The summed E-state index contributed by atoms with van der Waals surface area (Å²) in [6.45, 7) is 0. The molecule has 0 atom stereocenters. The summed E-state index contributed by atoms with van der Waals surface area (Å²) in [7, 11) is 1.44. The van der Waals surface area contributed by atoms with Crippen LogP contribution in [-0.4, -0.2) is 7.11 Å². The highest BCUT2D eigenvalue weighted by Gasteiger charge is 2.26. The fourth-order valence-corrected chi connectivity index (χ4v) is 2.30. The van der Waals surface area contributed by atoms with E-state index in [1.54, 1.807) is 0 Å². The minimum atomic E-state index is -2.17. The molecule has 2 aromatic carbocycles. The molecule has 106 valence electrons. The van der Waals surface area contributed by atoms with Crippen molar-refractivity contribution in [2.24, 2.45) is 0 Å². The van der Waals surface area contributed by atoms with Crippen LogP contribution >= 0.6 is 11.8 Å². The van der Waals surface area contributed by atoms with Crippen molar-refractivity contribution in [3.63, 3.8) is 0 Å². The van der Waals surface area contributed by atoms with E-state index >= 15 is 0 Å². The number of ether oxygens (including phenoxy) is 1. The zero-order chi connectivity index (χ0) is 14.9. The van der Waals surface area contributed by atoms with Crippen molar-refractivity contribution >= 4 is 11.8 Å². The lowest BCUT2D eigenvalue weighted by molar-refractivity contribution is 0.361. The van der Waals surface area contributed by atoms with E-state index in [1.807, 2.05) is 0 Å². The Hall–Kier alpha value is -1.76. The van der Waals surface area contributed by atoms with Crippen LogP contribution in [0.2, 0.25) is 0 Å². The normalized spacial score (nSPS) is 10.7. The van der Waals surface area contributed by atoms with Gasteiger partial charge in [0.2, 0.25) is 5.82 Å². The summed E-state index contributed by atoms with van der Waals surface area (Å²) in [6.07, 6.45) is 0. The maximum atomic E-state index is 13.5. The minimum Gasteiger partial charge on any atom is -0.497 e. The van der Waals surface area contributed by atoms with Crippen LogP contribution < -0.4 is 4.74 Å². The average Bonchev–Trinajstić information content (AvgIpc) is 2.48. The Morgan fingerprint density at radius 3 is 1.65 bits per heavy atom. The van der Waals surface area contributed by atoms with Crippen LogP contribution in [-0.2, 0) is 0 Å². The third-order valence-electron chi connectivity index (χ3n) is 2.45. The lowest BCUT2D eigenvalue weighted by Gasteiger charge is -2.08. The minimum absolute atomic E-state index is 0.314. The fraction of sp³-hybridized carbons (Fsp3) is 0.0769. The van der Waals surface area contributed by atoms with Gasteiger partial charge < -0.3 is 4.74 Å². The van der Waals surface area contributed by atoms with Crippen molar-refractivity contribution in [2.45, 2.75) is 9.79 Å². The third kappa shape index (κ3) is 2.58. The standard InChI is InChI=1S/C13H7F5OS/c1-19-6-2-4-7(5-3-6)20-13-11(17)9(15)8(14)10(16)12(13)18/h2-5H,1H3. The molecule has 0 N–H and O–H groups in total. The summed E-state index contributed by atoms with van der Waals surface area (Å²) in [5, 5.41) is 0. The first-order valence-corrected chi connectivity index (χ1v) is 6.10. The Bertz CT molecular complexity index is 613. The highest BCUT2D eigenvalue weighted by atomic mass is 32.2. The highest BCUT2D eigenvalue weighted by molar-refractivity contribution is 7.99. The molecule has 0 spiro atoms. The monoisotopic (exact) mass is 306 g/mol. The number of methoxy groups -OCH3 is 1. The number of benzene rings is 2. The van der Waals surface area contributed by atoms with Crippen molar-refractivity contribution in [1.29, 1.82) is 0 Å². The number of hydrogen-bond acceptors (Lipinski definition) is 2. The molecule has 20 heavy (non-hydrogen) atoms. The molecule has 0 aromatic heterocycles. The molecule has 0 aliphatic carbocycles. The van der Waals surface area contributed by atoms with Crippen molar-refractivity contribution < 1.29 is 26.7 Å². The van der Waals surface area contributed by atoms with E-state index in [-0.39, 0.29) is 0 Å². The van der Waals surface area contributed by atoms with Gasteiger partial charge in [0.25, 0.3) is 0 Å². The lowest BCUT2D eigenvalue weighted by atomic mass is 10.3. The highest BCUT2D eigenvalue weighted by Crippen LogP contribution is 2.35.